The van der Waals surface area contributed by atoms with E-state index in [1.165, 1.54) is 25.8 Å². The summed E-state index contributed by atoms with van der Waals surface area (Å²) in [5, 5.41) is 3.41. The molecule has 1 spiro atoms. The lowest BCUT2D eigenvalue weighted by Crippen LogP contribution is -2.67. The molecule has 1 saturated heterocycles. The highest BCUT2D eigenvalue weighted by Gasteiger charge is 2.50. The van der Waals surface area contributed by atoms with E-state index in [4.69, 9.17) is 4.74 Å². The molecule has 0 aromatic heterocycles. The first-order valence-corrected chi connectivity index (χ1v) is 4.10. The fraction of sp³-hybridized carbons (Fsp3) is 1.00. The minimum absolute atomic E-state index is 0.672. The first kappa shape index (κ1) is 6.62. The zero-order valence-electron chi connectivity index (χ0n) is 6.52. The number of nitrogens with one attached hydrogen (secondary N) is 1. The Morgan fingerprint density at radius 1 is 1.60 bits per heavy atom. The van der Waals surface area contributed by atoms with Crippen LogP contribution in [0.5, 0.6) is 0 Å². The molecule has 1 unspecified atom stereocenters. The van der Waals surface area contributed by atoms with Gasteiger partial charge in [-0.3, -0.25) is 0 Å². The van der Waals surface area contributed by atoms with Gasteiger partial charge in [0.05, 0.1) is 6.61 Å². The second-order valence-electron chi connectivity index (χ2n) is 3.60. The summed E-state index contributed by atoms with van der Waals surface area (Å²) >= 11 is 0. The molecule has 1 atom stereocenters. The molecule has 1 heterocycles. The average molecular weight is 141 g/mol. The van der Waals surface area contributed by atoms with E-state index in [-0.39, 0.29) is 0 Å². The third kappa shape index (κ3) is 0.722. The Labute approximate surface area is 61.9 Å². The quantitative estimate of drug-likeness (QED) is 0.613. The van der Waals surface area contributed by atoms with Gasteiger partial charge in [0.1, 0.15) is 0 Å². The molecule has 2 aliphatic rings. The van der Waals surface area contributed by atoms with Crippen LogP contribution >= 0.6 is 0 Å². The van der Waals surface area contributed by atoms with Crippen molar-refractivity contribution in [3.05, 3.63) is 0 Å². The third-order valence-electron chi connectivity index (χ3n) is 3.12. The maximum atomic E-state index is 5.11. The van der Waals surface area contributed by atoms with E-state index >= 15 is 0 Å². The van der Waals surface area contributed by atoms with Gasteiger partial charge in [-0.05, 0) is 12.8 Å². The van der Waals surface area contributed by atoms with Crippen LogP contribution in [-0.2, 0) is 4.74 Å². The van der Waals surface area contributed by atoms with Gasteiger partial charge in [-0.1, -0.05) is 6.42 Å². The molecule has 2 heteroatoms. The summed E-state index contributed by atoms with van der Waals surface area (Å²) in [4.78, 5) is 0. The Bertz CT molecular complexity index is 126. The van der Waals surface area contributed by atoms with Crippen molar-refractivity contribution in [2.24, 2.45) is 5.41 Å². The molecule has 2 fully saturated rings. The van der Waals surface area contributed by atoms with E-state index in [0.717, 1.165) is 6.61 Å². The molecular formula is C8H15NO. The van der Waals surface area contributed by atoms with Crippen molar-refractivity contribution in [2.75, 3.05) is 20.3 Å². The van der Waals surface area contributed by atoms with Gasteiger partial charge in [0.25, 0.3) is 0 Å². The van der Waals surface area contributed by atoms with Crippen molar-refractivity contribution in [2.45, 2.75) is 25.3 Å². The Balaban J connectivity index is 1.87. The molecule has 1 aliphatic heterocycles. The smallest absolute Gasteiger partial charge is 0.0621 e. The fourth-order valence-corrected chi connectivity index (χ4v) is 2.09. The lowest BCUT2D eigenvalue weighted by atomic mass is 9.59. The minimum Gasteiger partial charge on any atom is -0.383 e. The molecule has 10 heavy (non-hydrogen) atoms. The summed E-state index contributed by atoms with van der Waals surface area (Å²) < 4.78 is 5.11. The summed E-state index contributed by atoms with van der Waals surface area (Å²) in [7, 11) is 1.78. The van der Waals surface area contributed by atoms with Crippen molar-refractivity contribution in [1.29, 1.82) is 0 Å². The second kappa shape index (κ2) is 2.21. The van der Waals surface area contributed by atoms with Gasteiger partial charge in [0, 0.05) is 25.1 Å². The molecule has 1 aliphatic carbocycles. The van der Waals surface area contributed by atoms with Crippen LogP contribution < -0.4 is 5.32 Å². The molecule has 0 aromatic carbocycles. The van der Waals surface area contributed by atoms with Gasteiger partial charge in [-0.25, -0.2) is 0 Å². The molecule has 0 radical (unpaired) electrons. The van der Waals surface area contributed by atoms with E-state index in [2.05, 4.69) is 5.32 Å². The Morgan fingerprint density at radius 3 is 2.70 bits per heavy atom. The largest absolute Gasteiger partial charge is 0.383 e. The lowest BCUT2D eigenvalue weighted by molar-refractivity contribution is -0.0398. The van der Waals surface area contributed by atoms with Gasteiger partial charge in [0.2, 0.25) is 0 Å². The number of hydrogen-bond donors (Lipinski definition) is 1. The Hall–Kier alpha value is -0.0800. The highest BCUT2D eigenvalue weighted by atomic mass is 16.5. The van der Waals surface area contributed by atoms with Crippen molar-refractivity contribution >= 4 is 0 Å². The van der Waals surface area contributed by atoms with E-state index in [9.17, 15) is 0 Å². The van der Waals surface area contributed by atoms with Crippen molar-refractivity contribution < 1.29 is 4.74 Å². The average Bonchev–Trinajstić information content (AvgIpc) is 1.77. The highest BCUT2D eigenvalue weighted by Crippen LogP contribution is 2.48. The normalized spacial score (nSPS) is 35.1. The monoisotopic (exact) mass is 141 g/mol. The number of methoxy groups -OCH3 is 1. The molecule has 0 bridgehead atoms. The van der Waals surface area contributed by atoms with E-state index < -0.39 is 0 Å². The van der Waals surface area contributed by atoms with Gasteiger partial charge in [-0.2, -0.15) is 0 Å². The summed E-state index contributed by atoms with van der Waals surface area (Å²) in [5.74, 6) is 0. The van der Waals surface area contributed by atoms with Crippen LogP contribution in [0.25, 0.3) is 0 Å². The maximum Gasteiger partial charge on any atom is 0.0621 e. The summed E-state index contributed by atoms with van der Waals surface area (Å²) in [6.45, 7) is 2.14. The van der Waals surface area contributed by atoms with Crippen LogP contribution in [0.15, 0.2) is 0 Å². The SMILES string of the molecule is COCC1NCC12CCC2. The number of rotatable bonds is 2. The maximum absolute atomic E-state index is 5.11. The first-order chi connectivity index (χ1) is 4.87. The van der Waals surface area contributed by atoms with Crippen molar-refractivity contribution in [3.8, 4) is 0 Å². The summed E-state index contributed by atoms with van der Waals surface area (Å²) in [6, 6.07) is 0.672. The van der Waals surface area contributed by atoms with E-state index in [0.29, 0.717) is 11.5 Å². The zero-order chi connectivity index (χ0) is 7.03. The van der Waals surface area contributed by atoms with Gasteiger partial charge in [0.15, 0.2) is 0 Å². The highest BCUT2D eigenvalue weighted by molar-refractivity contribution is 5.06. The van der Waals surface area contributed by atoms with Crippen LogP contribution in [0.2, 0.25) is 0 Å². The van der Waals surface area contributed by atoms with E-state index in [1.807, 2.05) is 0 Å². The van der Waals surface area contributed by atoms with Crippen molar-refractivity contribution in [3.63, 3.8) is 0 Å². The van der Waals surface area contributed by atoms with Gasteiger partial charge >= 0.3 is 0 Å². The molecule has 1 saturated carbocycles. The standard InChI is InChI=1S/C8H15NO/c1-10-5-7-8(6-9-7)3-2-4-8/h7,9H,2-6H2,1H3. The predicted molar refractivity (Wildman–Crippen MR) is 40.0 cm³/mol. The molecule has 0 amide bonds. The second-order valence-corrected chi connectivity index (χ2v) is 3.60. The molecule has 1 N–H and O–H groups in total. The van der Waals surface area contributed by atoms with Crippen LogP contribution in [0.4, 0.5) is 0 Å². The van der Waals surface area contributed by atoms with E-state index in [1.54, 1.807) is 7.11 Å². The Kier molecular flexibility index (Phi) is 1.46. The summed E-state index contributed by atoms with van der Waals surface area (Å²) in [6.07, 6.45) is 4.28. The van der Waals surface area contributed by atoms with Crippen LogP contribution in [-0.4, -0.2) is 26.3 Å². The topological polar surface area (TPSA) is 21.3 Å². The third-order valence-corrected chi connectivity index (χ3v) is 3.12. The Morgan fingerprint density at radius 2 is 2.40 bits per heavy atom. The summed E-state index contributed by atoms with van der Waals surface area (Å²) in [5.41, 5.74) is 0.677. The first-order valence-electron chi connectivity index (χ1n) is 4.10. The van der Waals surface area contributed by atoms with Crippen LogP contribution in [0.1, 0.15) is 19.3 Å². The van der Waals surface area contributed by atoms with Crippen molar-refractivity contribution in [1.82, 2.24) is 5.32 Å². The van der Waals surface area contributed by atoms with Crippen LogP contribution in [0, 0.1) is 5.41 Å². The fourth-order valence-electron chi connectivity index (χ4n) is 2.09. The van der Waals surface area contributed by atoms with Gasteiger partial charge in [-0.15, -0.1) is 0 Å². The zero-order valence-corrected chi connectivity index (χ0v) is 6.52. The lowest BCUT2D eigenvalue weighted by Gasteiger charge is -2.56. The predicted octanol–water partition coefficient (Wildman–Crippen LogP) is 0.775. The molecule has 58 valence electrons. The van der Waals surface area contributed by atoms with Crippen LogP contribution in [0.3, 0.4) is 0 Å². The minimum atomic E-state index is 0.672. The molecule has 2 nitrogen and oxygen atoms in total. The molecular weight excluding hydrogens is 126 g/mol. The number of ether oxygens (including phenoxy) is 1. The number of hydrogen-bond acceptors (Lipinski definition) is 2. The molecule has 2 rings (SSSR count). The van der Waals surface area contributed by atoms with Gasteiger partial charge < -0.3 is 10.1 Å². The molecule has 0 aromatic rings.